The molecule has 0 amide bonds. The summed E-state index contributed by atoms with van der Waals surface area (Å²) in [6, 6.07) is 10.4. The summed E-state index contributed by atoms with van der Waals surface area (Å²) in [7, 11) is 0. The minimum absolute atomic E-state index is 0.362. The Morgan fingerprint density at radius 3 is 2.32 bits per heavy atom. The summed E-state index contributed by atoms with van der Waals surface area (Å²) in [6.07, 6.45) is -0.392. The third kappa shape index (κ3) is 5.69. The molecule has 0 saturated carbocycles. The summed E-state index contributed by atoms with van der Waals surface area (Å²) in [5.74, 6) is 0.362. The number of hydrogen-bond acceptors (Lipinski definition) is 4. The largest absolute Gasteiger partial charge is 0.389 e. The maximum atomic E-state index is 10.1. The molecule has 0 spiro atoms. The van der Waals surface area contributed by atoms with Crippen molar-refractivity contribution in [2.75, 3.05) is 52.5 Å². The molecule has 22 heavy (non-hydrogen) atoms. The van der Waals surface area contributed by atoms with Crippen LogP contribution in [0.2, 0.25) is 0 Å². The maximum Gasteiger partial charge on any atom is 0.0900 e. The second kappa shape index (κ2) is 9.26. The molecule has 0 aliphatic carbocycles. The van der Waals surface area contributed by atoms with Crippen LogP contribution in [0.3, 0.4) is 0 Å². The molecule has 0 bridgehead atoms. The lowest BCUT2D eigenvalue weighted by Gasteiger charge is -2.34. The highest BCUT2D eigenvalue weighted by Crippen LogP contribution is 2.14. The number of rotatable bonds is 8. The quantitative estimate of drug-likeness (QED) is 0.794. The molecule has 2 atom stereocenters. The summed E-state index contributed by atoms with van der Waals surface area (Å²) < 4.78 is 5.71. The van der Waals surface area contributed by atoms with E-state index in [1.807, 2.05) is 6.07 Å². The molecule has 1 N–H and O–H groups in total. The summed E-state index contributed by atoms with van der Waals surface area (Å²) >= 11 is 0. The number of β-amino-alcohol motifs (C(OH)–C–C–N with tert-alkyl or cyclic N) is 1. The van der Waals surface area contributed by atoms with Crippen LogP contribution in [0.15, 0.2) is 30.3 Å². The topological polar surface area (TPSA) is 35.9 Å². The average Bonchev–Trinajstić information content (AvgIpc) is 2.56. The van der Waals surface area contributed by atoms with Crippen molar-refractivity contribution in [2.45, 2.75) is 25.9 Å². The van der Waals surface area contributed by atoms with Crippen LogP contribution in [0.4, 0.5) is 0 Å². The Labute approximate surface area is 134 Å². The van der Waals surface area contributed by atoms with Gasteiger partial charge in [-0.2, -0.15) is 0 Å². The van der Waals surface area contributed by atoms with E-state index in [1.165, 1.54) is 5.56 Å². The molecule has 1 aromatic rings. The van der Waals surface area contributed by atoms with Crippen molar-refractivity contribution in [1.82, 2.24) is 9.80 Å². The highest BCUT2D eigenvalue weighted by atomic mass is 16.5. The molecule has 124 valence electrons. The van der Waals surface area contributed by atoms with Gasteiger partial charge in [-0.25, -0.2) is 0 Å². The molecule has 0 radical (unpaired) electrons. The number of hydrogen-bond donors (Lipinski definition) is 1. The Morgan fingerprint density at radius 2 is 1.68 bits per heavy atom. The van der Waals surface area contributed by atoms with Crippen LogP contribution in [0.5, 0.6) is 0 Å². The van der Waals surface area contributed by atoms with E-state index in [0.29, 0.717) is 19.1 Å². The molecule has 1 aliphatic heterocycles. The van der Waals surface area contributed by atoms with E-state index >= 15 is 0 Å². The number of piperazine rings is 1. The van der Waals surface area contributed by atoms with E-state index in [4.69, 9.17) is 4.74 Å². The van der Waals surface area contributed by atoms with Gasteiger partial charge in [0.2, 0.25) is 0 Å². The van der Waals surface area contributed by atoms with E-state index in [9.17, 15) is 5.11 Å². The number of nitrogens with zero attached hydrogens (tertiary/aromatic N) is 2. The number of likely N-dealkylation sites (N-methyl/N-ethyl adjacent to an activating group) is 1. The van der Waals surface area contributed by atoms with Crippen molar-refractivity contribution < 1.29 is 9.84 Å². The second-order valence-electron chi connectivity index (χ2n) is 6.24. The Balaban J connectivity index is 1.61. The molecule has 1 heterocycles. The smallest absolute Gasteiger partial charge is 0.0900 e. The van der Waals surface area contributed by atoms with Gasteiger partial charge >= 0.3 is 0 Å². The van der Waals surface area contributed by atoms with Gasteiger partial charge in [-0.15, -0.1) is 0 Å². The van der Waals surface area contributed by atoms with Crippen LogP contribution in [-0.4, -0.2) is 73.5 Å². The van der Waals surface area contributed by atoms with E-state index < -0.39 is 6.10 Å². The highest BCUT2D eigenvalue weighted by molar-refractivity contribution is 5.18. The molecule has 1 aromatic carbocycles. The molecule has 1 aliphatic rings. The van der Waals surface area contributed by atoms with Gasteiger partial charge in [0.05, 0.1) is 19.3 Å². The first-order valence-electron chi connectivity index (χ1n) is 8.44. The van der Waals surface area contributed by atoms with Crippen LogP contribution in [0, 0.1) is 0 Å². The van der Waals surface area contributed by atoms with Crippen LogP contribution in [0.1, 0.15) is 25.3 Å². The fourth-order valence-electron chi connectivity index (χ4n) is 2.90. The van der Waals surface area contributed by atoms with Gasteiger partial charge in [-0.05, 0) is 12.1 Å². The van der Waals surface area contributed by atoms with E-state index in [0.717, 1.165) is 39.3 Å². The number of aliphatic hydroxyl groups is 1. The molecule has 1 saturated heterocycles. The lowest BCUT2D eigenvalue weighted by Crippen LogP contribution is -2.48. The number of ether oxygens (including phenoxy) is 1. The lowest BCUT2D eigenvalue weighted by molar-refractivity contribution is 0.00458. The minimum atomic E-state index is -0.392. The normalized spacial score (nSPS) is 20.0. The van der Waals surface area contributed by atoms with Gasteiger partial charge in [0.25, 0.3) is 0 Å². The Morgan fingerprint density at radius 1 is 1.05 bits per heavy atom. The van der Waals surface area contributed by atoms with Crippen LogP contribution < -0.4 is 0 Å². The molecule has 0 unspecified atom stereocenters. The van der Waals surface area contributed by atoms with E-state index in [-0.39, 0.29) is 0 Å². The van der Waals surface area contributed by atoms with E-state index in [2.05, 4.69) is 47.9 Å². The Bertz CT molecular complexity index is 405. The SMILES string of the molecule is CCN1CCN(C[C@@H](O)COC[C@H](C)c2ccccc2)CC1. The van der Waals surface area contributed by atoms with Crippen molar-refractivity contribution >= 4 is 0 Å². The predicted octanol–water partition coefficient (Wildman–Crippen LogP) is 1.81. The molecule has 0 aromatic heterocycles. The Kier molecular flexibility index (Phi) is 7.33. The molecule has 1 fully saturated rings. The molecular formula is C18H30N2O2. The van der Waals surface area contributed by atoms with Gasteiger partial charge in [0.1, 0.15) is 0 Å². The fourth-order valence-corrected chi connectivity index (χ4v) is 2.90. The lowest BCUT2D eigenvalue weighted by atomic mass is 10.0. The van der Waals surface area contributed by atoms with Crippen molar-refractivity contribution in [3.63, 3.8) is 0 Å². The highest BCUT2D eigenvalue weighted by Gasteiger charge is 2.18. The molecule has 4 heteroatoms. The standard InChI is InChI=1S/C18H30N2O2/c1-3-19-9-11-20(12-10-19)13-18(21)15-22-14-16(2)17-7-5-4-6-8-17/h4-8,16,18,21H,3,9-15H2,1-2H3/t16-,18+/m0/s1. The summed E-state index contributed by atoms with van der Waals surface area (Å²) in [6.45, 7) is 11.6. The zero-order valence-corrected chi connectivity index (χ0v) is 13.9. The van der Waals surface area contributed by atoms with Gasteiger partial charge < -0.3 is 14.7 Å². The summed E-state index contributed by atoms with van der Waals surface area (Å²) in [5.41, 5.74) is 1.28. The average molecular weight is 306 g/mol. The Hall–Kier alpha value is -0.940. The van der Waals surface area contributed by atoms with E-state index in [1.54, 1.807) is 0 Å². The summed E-state index contributed by atoms with van der Waals surface area (Å²) in [5, 5.41) is 10.1. The predicted molar refractivity (Wildman–Crippen MR) is 90.2 cm³/mol. The molecular weight excluding hydrogens is 276 g/mol. The zero-order valence-electron chi connectivity index (χ0n) is 13.9. The van der Waals surface area contributed by atoms with Crippen LogP contribution >= 0.6 is 0 Å². The van der Waals surface area contributed by atoms with Crippen molar-refractivity contribution in [3.8, 4) is 0 Å². The number of benzene rings is 1. The van der Waals surface area contributed by atoms with Gasteiger partial charge in [0.15, 0.2) is 0 Å². The minimum Gasteiger partial charge on any atom is -0.389 e. The second-order valence-corrected chi connectivity index (χ2v) is 6.24. The first-order valence-corrected chi connectivity index (χ1v) is 8.44. The summed E-state index contributed by atoms with van der Waals surface area (Å²) in [4.78, 5) is 4.78. The van der Waals surface area contributed by atoms with Crippen molar-refractivity contribution in [2.24, 2.45) is 0 Å². The maximum absolute atomic E-state index is 10.1. The fraction of sp³-hybridized carbons (Fsp3) is 0.667. The first-order chi connectivity index (χ1) is 10.7. The molecule has 2 rings (SSSR count). The van der Waals surface area contributed by atoms with Gasteiger partial charge in [-0.3, -0.25) is 4.90 Å². The van der Waals surface area contributed by atoms with Crippen LogP contribution in [0.25, 0.3) is 0 Å². The molecule has 4 nitrogen and oxygen atoms in total. The third-order valence-electron chi connectivity index (χ3n) is 4.43. The zero-order chi connectivity index (χ0) is 15.8. The van der Waals surface area contributed by atoms with Crippen LogP contribution in [-0.2, 0) is 4.74 Å². The first kappa shape index (κ1) is 17.4. The third-order valence-corrected chi connectivity index (χ3v) is 4.43. The van der Waals surface area contributed by atoms with Gasteiger partial charge in [0, 0.05) is 38.6 Å². The monoisotopic (exact) mass is 306 g/mol. The number of aliphatic hydroxyl groups excluding tert-OH is 1. The van der Waals surface area contributed by atoms with Gasteiger partial charge in [-0.1, -0.05) is 44.2 Å². The van der Waals surface area contributed by atoms with Crippen molar-refractivity contribution in [1.29, 1.82) is 0 Å². The van der Waals surface area contributed by atoms with Crippen molar-refractivity contribution in [3.05, 3.63) is 35.9 Å².